The van der Waals surface area contributed by atoms with Crippen molar-refractivity contribution < 1.29 is 17.5 Å². The Hall–Kier alpha value is -2.39. The zero-order valence-electron chi connectivity index (χ0n) is 13.7. The van der Waals surface area contributed by atoms with Crippen molar-refractivity contribution in [1.82, 2.24) is 5.32 Å². The number of methoxy groups -OCH3 is 1. The largest absolute Gasteiger partial charge is 0.495 e. The summed E-state index contributed by atoms with van der Waals surface area (Å²) in [5.74, 6) is -0.176. The minimum absolute atomic E-state index is 0.0579. The molecule has 0 aliphatic carbocycles. The molecule has 0 spiro atoms. The van der Waals surface area contributed by atoms with Crippen molar-refractivity contribution in [3.8, 4) is 5.75 Å². The second kappa shape index (κ2) is 8.13. The van der Waals surface area contributed by atoms with E-state index in [0.717, 1.165) is 12.1 Å². The van der Waals surface area contributed by atoms with Crippen LogP contribution in [0.1, 0.15) is 6.92 Å². The summed E-state index contributed by atoms with van der Waals surface area (Å²) in [5.41, 5.74) is 0.819. The summed E-state index contributed by atoms with van der Waals surface area (Å²) in [7, 11) is -2.46. The van der Waals surface area contributed by atoms with E-state index in [9.17, 15) is 12.8 Å². The molecule has 0 aliphatic rings. The van der Waals surface area contributed by atoms with Crippen molar-refractivity contribution in [2.75, 3.05) is 23.7 Å². The number of thiocarbonyl (C=S) groups is 1. The van der Waals surface area contributed by atoms with Gasteiger partial charge in [-0.15, -0.1) is 0 Å². The van der Waals surface area contributed by atoms with Crippen LogP contribution in [0.5, 0.6) is 5.75 Å². The molecule has 0 bridgehead atoms. The molecule has 0 aromatic heterocycles. The third kappa shape index (κ3) is 5.04. The van der Waals surface area contributed by atoms with E-state index < -0.39 is 15.8 Å². The topological polar surface area (TPSA) is 79.5 Å². The van der Waals surface area contributed by atoms with Crippen molar-refractivity contribution in [2.45, 2.75) is 11.8 Å². The predicted molar refractivity (Wildman–Crippen MR) is 100 cm³/mol. The van der Waals surface area contributed by atoms with Crippen LogP contribution in [-0.4, -0.2) is 27.2 Å². The van der Waals surface area contributed by atoms with E-state index in [1.807, 2.05) is 6.92 Å². The highest BCUT2D eigenvalue weighted by atomic mass is 32.2. The van der Waals surface area contributed by atoms with E-state index in [0.29, 0.717) is 23.1 Å². The van der Waals surface area contributed by atoms with Gasteiger partial charge in [0, 0.05) is 12.2 Å². The molecule has 0 radical (unpaired) electrons. The van der Waals surface area contributed by atoms with Gasteiger partial charge in [0.05, 0.1) is 17.7 Å². The lowest BCUT2D eigenvalue weighted by molar-refractivity contribution is 0.417. The molecule has 0 heterocycles. The number of hydrogen-bond acceptors (Lipinski definition) is 4. The number of halogens is 1. The second-order valence-corrected chi connectivity index (χ2v) is 7.05. The Bertz CT molecular complexity index is 855. The van der Waals surface area contributed by atoms with Crippen LogP contribution in [0, 0.1) is 5.82 Å². The zero-order chi connectivity index (χ0) is 18.4. The van der Waals surface area contributed by atoms with Crippen LogP contribution in [0.3, 0.4) is 0 Å². The summed E-state index contributed by atoms with van der Waals surface area (Å²) in [5, 5.41) is 6.30. The quantitative estimate of drug-likeness (QED) is 0.666. The highest BCUT2D eigenvalue weighted by Gasteiger charge is 2.17. The lowest BCUT2D eigenvalue weighted by Crippen LogP contribution is -2.27. The maximum absolute atomic E-state index is 13.0. The fourth-order valence-corrected chi connectivity index (χ4v) is 3.34. The monoisotopic (exact) mass is 383 g/mol. The van der Waals surface area contributed by atoms with Gasteiger partial charge in [-0.2, -0.15) is 0 Å². The molecule has 9 heteroatoms. The standard InChI is InChI=1S/C16H18FN3O3S2/c1-3-18-16(24)19-12-6-9-15(23-2)14(10-12)20-25(21,22)13-7-4-11(17)5-8-13/h4-10,20H,3H2,1-2H3,(H2,18,19,24). The molecule has 0 saturated heterocycles. The zero-order valence-corrected chi connectivity index (χ0v) is 15.3. The summed E-state index contributed by atoms with van der Waals surface area (Å²) in [6, 6.07) is 9.41. The Morgan fingerprint density at radius 1 is 1.20 bits per heavy atom. The van der Waals surface area contributed by atoms with Crippen molar-refractivity contribution in [2.24, 2.45) is 0 Å². The summed E-state index contributed by atoms with van der Waals surface area (Å²) in [6.45, 7) is 2.57. The van der Waals surface area contributed by atoms with Gasteiger partial charge in [0.1, 0.15) is 11.6 Å². The highest BCUT2D eigenvalue weighted by molar-refractivity contribution is 7.92. The summed E-state index contributed by atoms with van der Waals surface area (Å²) >= 11 is 5.11. The van der Waals surface area contributed by atoms with Gasteiger partial charge in [0.2, 0.25) is 0 Å². The molecule has 2 rings (SSSR count). The molecule has 0 saturated carbocycles. The number of hydrogen-bond donors (Lipinski definition) is 3. The number of nitrogens with one attached hydrogen (secondary N) is 3. The third-order valence-corrected chi connectivity index (χ3v) is 4.79. The summed E-state index contributed by atoms with van der Waals surface area (Å²) in [6.07, 6.45) is 0. The van der Waals surface area contributed by atoms with Gasteiger partial charge < -0.3 is 15.4 Å². The summed E-state index contributed by atoms with van der Waals surface area (Å²) < 4.78 is 45.6. The maximum atomic E-state index is 13.0. The van der Waals surface area contributed by atoms with E-state index in [1.165, 1.54) is 19.2 Å². The van der Waals surface area contributed by atoms with Gasteiger partial charge in [-0.25, -0.2) is 12.8 Å². The molecule has 0 amide bonds. The molecule has 0 unspecified atom stereocenters. The van der Waals surface area contributed by atoms with Crippen LogP contribution in [0.2, 0.25) is 0 Å². The van der Waals surface area contributed by atoms with Gasteiger partial charge in [0.25, 0.3) is 10.0 Å². The molecular weight excluding hydrogens is 365 g/mol. The molecule has 134 valence electrons. The molecule has 0 aliphatic heterocycles. The number of sulfonamides is 1. The molecule has 25 heavy (non-hydrogen) atoms. The molecule has 0 atom stereocenters. The first kappa shape index (κ1) is 18.9. The van der Waals surface area contributed by atoms with Crippen LogP contribution in [0.15, 0.2) is 47.4 Å². The first-order valence-electron chi connectivity index (χ1n) is 7.37. The smallest absolute Gasteiger partial charge is 0.262 e. The van der Waals surface area contributed by atoms with Crippen molar-refractivity contribution in [3.05, 3.63) is 48.3 Å². The van der Waals surface area contributed by atoms with Crippen LogP contribution < -0.4 is 20.1 Å². The van der Waals surface area contributed by atoms with Gasteiger partial charge in [-0.3, -0.25) is 4.72 Å². The average Bonchev–Trinajstić information content (AvgIpc) is 2.55. The second-order valence-electron chi connectivity index (χ2n) is 4.96. The van der Waals surface area contributed by atoms with E-state index in [2.05, 4.69) is 15.4 Å². The van der Waals surface area contributed by atoms with Gasteiger partial charge in [-0.1, -0.05) is 0 Å². The molecule has 0 fully saturated rings. The Morgan fingerprint density at radius 3 is 2.48 bits per heavy atom. The van der Waals surface area contributed by atoms with Crippen molar-refractivity contribution >= 4 is 38.7 Å². The number of anilines is 2. The Morgan fingerprint density at radius 2 is 1.88 bits per heavy atom. The number of rotatable bonds is 6. The first-order valence-corrected chi connectivity index (χ1v) is 9.26. The Kier molecular flexibility index (Phi) is 6.16. The number of benzene rings is 2. The van der Waals surface area contributed by atoms with Gasteiger partial charge in [-0.05, 0) is 61.6 Å². The highest BCUT2D eigenvalue weighted by Crippen LogP contribution is 2.30. The van der Waals surface area contributed by atoms with Gasteiger partial charge >= 0.3 is 0 Å². The molecule has 2 aromatic carbocycles. The maximum Gasteiger partial charge on any atom is 0.262 e. The van der Waals surface area contributed by atoms with E-state index in [1.54, 1.807) is 18.2 Å². The fraction of sp³-hybridized carbons (Fsp3) is 0.188. The predicted octanol–water partition coefficient (Wildman–Crippen LogP) is 2.94. The molecule has 2 aromatic rings. The lowest BCUT2D eigenvalue weighted by Gasteiger charge is -2.15. The van der Waals surface area contributed by atoms with E-state index in [-0.39, 0.29) is 10.6 Å². The van der Waals surface area contributed by atoms with Crippen molar-refractivity contribution in [1.29, 1.82) is 0 Å². The first-order chi connectivity index (χ1) is 11.9. The lowest BCUT2D eigenvalue weighted by atomic mass is 10.2. The Labute approximate surface area is 151 Å². The van der Waals surface area contributed by atoms with Gasteiger partial charge in [0.15, 0.2) is 5.11 Å². The molecule has 6 nitrogen and oxygen atoms in total. The molecular formula is C16H18FN3O3S2. The van der Waals surface area contributed by atoms with Crippen LogP contribution in [0.4, 0.5) is 15.8 Å². The fourth-order valence-electron chi connectivity index (χ4n) is 2.02. The van der Waals surface area contributed by atoms with E-state index in [4.69, 9.17) is 17.0 Å². The third-order valence-electron chi connectivity index (χ3n) is 3.16. The minimum atomic E-state index is -3.89. The average molecular weight is 383 g/mol. The van der Waals surface area contributed by atoms with Crippen LogP contribution in [-0.2, 0) is 10.0 Å². The van der Waals surface area contributed by atoms with Crippen molar-refractivity contribution in [3.63, 3.8) is 0 Å². The van der Waals surface area contributed by atoms with Crippen LogP contribution >= 0.6 is 12.2 Å². The van der Waals surface area contributed by atoms with E-state index >= 15 is 0 Å². The SMILES string of the molecule is CCNC(=S)Nc1ccc(OC)c(NS(=O)(=O)c2ccc(F)cc2)c1. The normalized spacial score (nSPS) is 10.8. The summed E-state index contributed by atoms with van der Waals surface area (Å²) in [4.78, 5) is -0.0579. The number of ether oxygens (including phenoxy) is 1. The minimum Gasteiger partial charge on any atom is -0.495 e. The molecule has 3 N–H and O–H groups in total. The van der Waals surface area contributed by atoms with Crippen LogP contribution in [0.25, 0.3) is 0 Å². The Balaban J connectivity index is 2.30.